The summed E-state index contributed by atoms with van der Waals surface area (Å²) in [4.78, 5) is 18.4. The maximum absolute atomic E-state index is 12.5. The van der Waals surface area contributed by atoms with Crippen LogP contribution < -0.4 is 5.32 Å². The molecule has 1 heterocycles. The first-order valence-electron chi connectivity index (χ1n) is 7.50. The Hall–Kier alpha value is -2.82. The van der Waals surface area contributed by atoms with Gasteiger partial charge in [0.05, 0.1) is 0 Å². The van der Waals surface area contributed by atoms with Crippen molar-refractivity contribution in [3.05, 3.63) is 60.2 Å². The number of carbonyl (C=O) groups excluding carboxylic acids is 1. The highest BCUT2D eigenvalue weighted by atomic mass is 16.4. The quantitative estimate of drug-likeness (QED) is 0.787. The second-order valence-corrected chi connectivity index (χ2v) is 5.61. The molecule has 0 saturated heterocycles. The van der Waals surface area contributed by atoms with Gasteiger partial charge in [-0.15, -0.1) is 0 Å². The Balaban J connectivity index is 1.84. The highest BCUT2D eigenvalue weighted by molar-refractivity contribution is 5.84. The molecule has 0 fully saturated rings. The molecule has 5 heteroatoms. The number of benzene rings is 2. The zero-order valence-electron chi connectivity index (χ0n) is 13.2. The van der Waals surface area contributed by atoms with Crippen LogP contribution in [0.15, 0.2) is 59.0 Å². The van der Waals surface area contributed by atoms with Crippen molar-refractivity contribution in [2.75, 3.05) is 19.4 Å². The van der Waals surface area contributed by atoms with E-state index in [0.717, 1.165) is 11.1 Å². The van der Waals surface area contributed by atoms with Crippen molar-refractivity contribution in [2.24, 2.45) is 0 Å². The predicted octanol–water partition coefficient (Wildman–Crippen LogP) is 2.94. The van der Waals surface area contributed by atoms with Gasteiger partial charge in [0.2, 0.25) is 5.91 Å². The van der Waals surface area contributed by atoms with E-state index in [4.69, 9.17) is 4.42 Å². The fourth-order valence-electron chi connectivity index (χ4n) is 2.44. The summed E-state index contributed by atoms with van der Waals surface area (Å²) in [6, 6.07) is 17.4. The fraction of sp³-hybridized carbons (Fsp3) is 0.222. The zero-order valence-corrected chi connectivity index (χ0v) is 13.2. The van der Waals surface area contributed by atoms with Crippen molar-refractivity contribution in [3.63, 3.8) is 0 Å². The minimum Gasteiger partial charge on any atom is -0.424 e. The number of fused-ring (bicyclic) bond motifs is 1. The molecular weight excluding hydrogens is 290 g/mol. The molecule has 1 aromatic heterocycles. The molecule has 2 aromatic carbocycles. The Bertz CT molecular complexity index is 763. The Labute approximate surface area is 134 Å². The van der Waals surface area contributed by atoms with Crippen molar-refractivity contribution in [2.45, 2.75) is 12.5 Å². The average molecular weight is 309 g/mol. The first kappa shape index (κ1) is 15.1. The molecule has 118 valence electrons. The van der Waals surface area contributed by atoms with Crippen molar-refractivity contribution in [1.29, 1.82) is 0 Å². The van der Waals surface area contributed by atoms with Gasteiger partial charge in [-0.1, -0.05) is 42.5 Å². The van der Waals surface area contributed by atoms with Gasteiger partial charge in [0.1, 0.15) is 11.6 Å². The predicted molar refractivity (Wildman–Crippen MR) is 90.3 cm³/mol. The number of anilines is 1. The number of hydrogen-bond acceptors (Lipinski definition) is 4. The summed E-state index contributed by atoms with van der Waals surface area (Å²) < 4.78 is 5.67. The lowest BCUT2D eigenvalue weighted by molar-refractivity contribution is -0.129. The smallest absolute Gasteiger partial charge is 0.296 e. The Morgan fingerprint density at radius 1 is 1.13 bits per heavy atom. The molecule has 0 radical (unpaired) electrons. The van der Waals surface area contributed by atoms with Crippen LogP contribution in [0.4, 0.5) is 6.01 Å². The summed E-state index contributed by atoms with van der Waals surface area (Å²) in [7, 11) is 3.49. The number of nitrogens with zero attached hydrogens (tertiary/aromatic N) is 2. The van der Waals surface area contributed by atoms with Crippen LogP contribution in [0.25, 0.3) is 11.1 Å². The second kappa shape index (κ2) is 6.52. The first-order chi connectivity index (χ1) is 11.1. The number of aromatic nitrogens is 1. The molecule has 5 nitrogen and oxygen atoms in total. The molecule has 1 N–H and O–H groups in total. The number of oxazole rings is 1. The lowest BCUT2D eigenvalue weighted by Gasteiger charge is -2.21. The average Bonchev–Trinajstić information content (AvgIpc) is 2.96. The van der Waals surface area contributed by atoms with Gasteiger partial charge in [-0.3, -0.25) is 4.79 Å². The molecule has 0 bridgehead atoms. The zero-order chi connectivity index (χ0) is 16.2. The SMILES string of the molecule is CN(C)C(=O)[C@@H](Cc1ccccc1)Nc1nc2ccccc2o1. The van der Waals surface area contributed by atoms with Gasteiger partial charge in [0.15, 0.2) is 5.58 Å². The number of rotatable bonds is 5. The lowest BCUT2D eigenvalue weighted by Crippen LogP contribution is -2.40. The van der Waals surface area contributed by atoms with E-state index in [1.54, 1.807) is 19.0 Å². The summed E-state index contributed by atoms with van der Waals surface area (Å²) in [6.07, 6.45) is 0.566. The van der Waals surface area contributed by atoms with Gasteiger partial charge in [-0.25, -0.2) is 0 Å². The van der Waals surface area contributed by atoms with E-state index < -0.39 is 6.04 Å². The molecule has 0 unspecified atom stereocenters. The number of hydrogen-bond donors (Lipinski definition) is 1. The molecular formula is C18H19N3O2. The third-order valence-electron chi connectivity index (χ3n) is 3.61. The van der Waals surface area contributed by atoms with Gasteiger partial charge in [-0.05, 0) is 17.7 Å². The molecule has 23 heavy (non-hydrogen) atoms. The van der Waals surface area contributed by atoms with Crippen LogP contribution >= 0.6 is 0 Å². The second-order valence-electron chi connectivity index (χ2n) is 5.61. The van der Waals surface area contributed by atoms with Crippen LogP contribution in [0.3, 0.4) is 0 Å². The third-order valence-corrected chi connectivity index (χ3v) is 3.61. The van der Waals surface area contributed by atoms with Crippen molar-refractivity contribution < 1.29 is 9.21 Å². The summed E-state index contributed by atoms with van der Waals surface area (Å²) in [5.41, 5.74) is 2.55. The third kappa shape index (κ3) is 3.51. The number of para-hydroxylation sites is 2. The van der Waals surface area contributed by atoms with E-state index in [-0.39, 0.29) is 5.91 Å². The highest BCUT2D eigenvalue weighted by Gasteiger charge is 2.22. The highest BCUT2D eigenvalue weighted by Crippen LogP contribution is 2.19. The van der Waals surface area contributed by atoms with E-state index in [1.807, 2.05) is 54.6 Å². The molecule has 0 aliphatic heterocycles. The van der Waals surface area contributed by atoms with Gasteiger partial charge in [-0.2, -0.15) is 4.98 Å². The number of likely N-dealkylation sites (N-methyl/N-ethyl adjacent to an activating group) is 1. The Morgan fingerprint density at radius 3 is 2.52 bits per heavy atom. The molecule has 0 spiro atoms. The van der Waals surface area contributed by atoms with Crippen molar-refractivity contribution in [1.82, 2.24) is 9.88 Å². The van der Waals surface area contributed by atoms with Crippen LogP contribution in [0.1, 0.15) is 5.56 Å². The van der Waals surface area contributed by atoms with E-state index >= 15 is 0 Å². The lowest BCUT2D eigenvalue weighted by atomic mass is 10.1. The summed E-state index contributed by atoms with van der Waals surface area (Å²) >= 11 is 0. The van der Waals surface area contributed by atoms with Crippen molar-refractivity contribution >= 4 is 23.0 Å². The maximum atomic E-state index is 12.5. The topological polar surface area (TPSA) is 58.4 Å². The van der Waals surface area contributed by atoms with Gasteiger partial charge < -0.3 is 14.6 Å². The maximum Gasteiger partial charge on any atom is 0.296 e. The molecule has 3 rings (SSSR count). The van der Waals surface area contributed by atoms with Crippen LogP contribution in [0.2, 0.25) is 0 Å². The summed E-state index contributed by atoms with van der Waals surface area (Å²) in [5.74, 6) is -0.0175. The molecule has 3 aromatic rings. The molecule has 1 atom stereocenters. The fourth-order valence-corrected chi connectivity index (χ4v) is 2.44. The minimum atomic E-state index is -0.430. The molecule has 0 saturated carbocycles. The standard InChI is InChI=1S/C18H19N3O2/c1-21(2)17(22)15(12-13-8-4-3-5-9-13)20-18-19-14-10-6-7-11-16(14)23-18/h3-11,15H,12H2,1-2H3,(H,19,20)/t15-/m1/s1. The Morgan fingerprint density at radius 2 is 1.83 bits per heavy atom. The first-order valence-corrected chi connectivity index (χ1v) is 7.50. The summed E-state index contributed by atoms with van der Waals surface area (Å²) in [6.45, 7) is 0. The molecule has 0 aliphatic rings. The van der Waals surface area contributed by atoms with Crippen LogP contribution in [0.5, 0.6) is 0 Å². The van der Waals surface area contributed by atoms with Crippen molar-refractivity contribution in [3.8, 4) is 0 Å². The largest absolute Gasteiger partial charge is 0.424 e. The summed E-state index contributed by atoms with van der Waals surface area (Å²) in [5, 5.41) is 3.13. The number of nitrogens with one attached hydrogen (secondary N) is 1. The normalized spacial score (nSPS) is 12.1. The number of carbonyl (C=O) groups is 1. The Kier molecular flexibility index (Phi) is 4.28. The van der Waals surface area contributed by atoms with Crippen LogP contribution in [-0.4, -0.2) is 35.9 Å². The van der Waals surface area contributed by atoms with Crippen LogP contribution in [-0.2, 0) is 11.2 Å². The van der Waals surface area contributed by atoms with Gasteiger partial charge in [0, 0.05) is 20.5 Å². The monoisotopic (exact) mass is 309 g/mol. The van der Waals surface area contributed by atoms with E-state index in [0.29, 0.717) is 18.0 Å². The minimum absolute atomic E-state index is 0.0175. The van der Waals surface area contributed by atoms with Crippen LogP contribution in [0, 0.1) is 0 Å². The number of amides is 1. The van der Waals surface area contributed by atoms with E-state index in [2.05, 4.69) is 10.3 Å². The van der Waals surface area contributed by atoms with Gasteiger partial charge >= 0.3 is 0 Å². The van der Waals surface area contributed by atoms with Gasteiger partial charge in [0.25, 0.3) is 6.01 Å². The van der Waals surface area contributed by atoms with E-state index in [9.17, 15) is 4.79 Å². The molecule has 0 aliphatic carbocycles. The van der Waals surface area contributed by atoms with E-state index in [1.165, 1.54) is 0 Å². The molecule has 1 amide bonds.